The minimum absolute atomic E-state index is 0.0320. The van der Waals surface area contributed by atoms with Crippen LogP contribution in [0.25, 0.3) is 0 Å². The van der Waals surface area contributed by atoms with Crippen LogP contribution >= 0.6 is 0 Å². The molecule has 31 heavy (non-hydrogen) atoms. The molecule has 1 atom stereocenters. The van der Waals surface area contributed by atoms with Gasteiger partial charge in [-0.15, -0.1) is 0 Å². The summed E-state index contributed by atoms with van der Waals surface area (Å²) in [5.74, 6) is -1.80. The van der Waals surface area contributed by atoms with Gasteiger partial charge in [-0.25, -0.2) is 0 Å². The minimum atomic E-state index is -5.08. The zero-order valence-electron chi connectivity index (χ0n) is 15.8. The Balaban J connectivity index is 2.29. The van der Waals surface area contributed by atoms with Gasteiger partial charge in [-0.2, -0.15) is 26.3 Å². The quantitative estimate of drug-likeness (QED) is 0.377. The Morgan fingerprint density at radius 1 is 1.03 bits per heavy atom. The largest absolute Gasteiger partial charge is 0.495 e. The first-order valence-corrected chi connectivity index (χ1v) is 8.32. The maximum Gasteiger partial charge on any atom is 0.416 e. The van der Waals surface area contributed by atoms with E-state index in [1.807, 2.05) is 0 Å². The second kappa shape index (κ2) is 8.70. The van der Waals surface area contributed by atoms with Crippen LogP contribution in [-0.2, 0) is 17.1 Å². The number of nitro groups is 1. The number of halogens is 6. The molecule has 2 aromatic rings. The highest BCUT2D eigenvalue weighted by Crippen LogP contribution is 2.38. The normalized spacial score (nSPS) is 12.8. The highest BCUT2D eigenvalue weighted by atomic mass is 19.4. The lowest BCUT2D eigenvalue weighted by atomic mass is 10.1. The van der Waals surface area contributed by atoms with Gasteiger partial charge in [0.1, 0.15) is 11.5 Å². The van der Waals surface area contributed by atoms with Gasteiger partial charge < -0.3 is 14.8 Å². The second-order valence-corrected chi connectivity index (χ2v) is 6.13. The summed E-state index contributed by atoms with van der Waals surface area (Å²) in [6, 6.07) is 3.85. The van der Waals surface area contributed by atoms with Crippen LogP contribution in [0.4, 0.5) is 37.7 Å². The number of non-ortho nitro benzene ring substituents is 1. The van der Waals surface area contributed by atoms with Crippen molar-refractivity contribution in [3.05, 3.63) is 57.6 Å². The number of hydrogen-bond donors (Lipinski definition) is 1. The molecule has 1 N–H and O–H groups in total. The average Bonchev–Trinajstić information content (AvgIpc) is 2.66. The number of nitro benzene ring substituents is 1. The number of carbonyl (C=O) groups excluding carboxylic acids is 1. The van der Waals surface area contributed by atoms with Crippen LogP contribution in [0.3, 0.4) is 0 Å². The lowest BCUT2D eigenvalue weighted by Crippen LogP contribution is -2.30. The molecule has 7 nitrogen and oxygen atoms in total. The molecule has 0 saturated carbocycles. The lowest BCUT2D eigenvalue weighted by Gasteiger charge is -2.18. The van der Waals surface area contributed by atoms with E-state index in [1.54, 1.807) is 0 Å². The van der Waals surface area contributed by atoms with E-state index < -0.39 is 51.9 Å². The van der Waals surface area contributed by atoms with E-state index in [2.05, 4.69) is 5.32 Å². The molecule has 0 aliphatic rings. The van der Waals surface area contributed by atoms with Crippen molar-refractivity contribution < 1.29 is 45.5 Å². The maximum absolute atomic E-state index is 12.9. The Morgan fingerprint density at radius 2 is 1.58 bits per heavy atom. The molecule has 0 aromatic heterocycles. The predicted molar refractivity (Wildman–Crippen MR) is 94.8 cm³/mol. The van der Waals surface area contributed by atoms with Gasteiger partial charge in [0.25, 0.3) is 11.6 Å². The van der Waals surface area contributed by atoms with Crippen LogP contribution < -0.4 is 14.8 Å². The van der Waals surface area contributed by atoms with Crippen molar-refractivity contribution >= 4 is 17.3 Å². The number of methoxy groups -OCH3 is 1. The molecule has 0 radical (unpaired) electrons. The van der Waals surface area contributed by atoms with Crippen molar-refractivity contribution in [2.45, 2.75) is 25.4 Å². The fraction of sp³-hybridized carbons (Fsp3) is 0.278. The third-order valence-corrected chi connectivity index (χ3v) is 3.90. The summed E-state index contributed by atoms with van der Waals surface area (Å²) in [5.41, 5.74) is -3.75. The number of anilines is 1. The zero-order chi connectivity index (χ0) is 23.6. The van der Waals surface area contributed by atoms with E-state index >= 15 is 0 Å². The van der Waals surface area contributed by atoms with E-state index in [0.29, 0.717) is 12.1 Å². The van der Waals surface area contributed by atoms with Gasteiger partial charge >= 0.3 is 12.4 Å². The van der Waals surface area contributed by atoms with Gasteiger partial charge in [0.05, 0.1) is 28.8 Å². The monoisotopic (exact) mass is 452 g/mol. The third-order valence-electron chi connectivity index (χ3n) is 3.90. The fourth-order valence-corrected chi connectivity index (χ4v) is 2.39. The molecule has 13 heteroatoms. The number of benzene rings is 2. The maximum atomic E-state index is 12.9. The van der Waals surface area contributed by atoms with Gasteiger partial charge in [0.15, 0.2) is 6.10 Å². The number of ether oxygens (including phenoxy) is 2. The molecule has 2 aromatic carbocycles. The molecular weight excluding hydrogens is 438 g/mol. The van der Waals surface area contributed by atoms with E-state index in [0.717, 1.165) is 19.1 Å². The summed E-state index contributed by atoms with van der Waals surface area (Å²) >= 11 is 0. The van der Waals surface area contributed by atoms with Gasteiger partial charge in [0, 0.05) is 12.1 Å². The van der Waals surface area contributed by atoms with Crippen LogP contribution in [0.1, 0.15) is 18.1 Å². The topological polar surface area (TPSA) is 90.7 Å². The van der Waals surface area contributed by atoms with E-state index in [4.69, 9.17) is 9.47 Å². The van der Waals surface area contributed by atoms with Gasteiger partial charge in [0.2, 0.25) is 0 Å². The van der Waals surface area contributed by atoms with Crippen LogP contribution in [0.15, 0.2) is 36.4 Å². The first-order valence-electron chi connectivity index (χ1n) is 8.32. The predicted octanol–water partition coefficient (Wildman–Crippen LogP) is 5.05. The SMILES string of the molecule is COc1ccc([N+](=O)[O-])cc1NC(=O)C(C)Oc1cc(C(F)(F)F)cc(C(F)(F)F)c1. The number of amides is 1. The minimum Gasteiger partial charge on any atom is -0.495 e. The summed E-state index contributed by atoms with van der Waals surface area (Å²) < 4.78 is 87.6. The fourth-order valence-electron chi connectivity index (χ4n) is 2.39. The van der Waals surface area contributed by atoms with Crippen molar-refractivity contribution in [3.8, 4) is 11.5 Å². The molecule has 168 valence electrons. The van der Waals surface area contributed by atoms with Crippen molar-refractivity contribution in [1.29, 1.82) is 0 Å². The Morgan fingerprint density at radius 3 is 2.03 bits per heavy atom. The van der Waals surface area contributed by atoms with E-state index in [9.17, 15) is 41.3 Å². The Kier molecular flexibility index (Phi) is 6.67. The molecule has 2 rings (SSSR count). The first kappa shape index (κ1) is 23.8. The summed E-state index contributed by atoms with van der Waals surface area (Å²) in [5, 5.41) is 13.1. The molecule has 1 amide bonds. The molecular formula is C18H14F6N2O5. The van der Waals surface area contributed by atoms with Crippen molar-refractivity contribution in [2.24, 2.45) is 0 Å². The summed E-state index contributed by atoms with van der Waals surface area (Å²) in [6.07, 6.45) is -11.7. The summed E-state index contributed by atoms with van der Waals surface area (Å²) in [6.45, 7) is 1.08. The standard InChI is InChI=1S/C18H14F6N2O5/c1-9(16(27)25-14-8-12(26(28)29)3-4-15(14)30-2)31-13-6-10(17(19,20)21)5-11(7-13)18(22,23)24/h3-9H,1-2H3,(H,25,27). The number of rotatable bonds is 6. The zero-order valence-corrected chi connectivity index (χ0v) is 15.8. The van der Waals surface area contributed by atoms with Crippen molar-refractivity contribution in [2.75, 3.05) is 12.4 Å². The first-order chi connectivity index (χ1) is 14.2. The van der Waals surface area contributed by atoms with Gasteiger partial charge in [-0.05, 0) is 31.2 Å². The van der Waals surface area contributed by atoms with Crippen LogP contribution in [0, 0.1) is 10.1 Å². The Hall–Kier alpha value is -3.51. The van der Waals surface area contributed by atoms with Crippen molar-refractivity contribution in [1.82, 2.24) is 0 Å². The molecule has 0 fully saturated rings. The smallest absolute Gasteiger partial charge is 0.416 e. The number of alkyl halides is 6. The van der Waals surface area contributed by atoms with Crippen LogP contribution in [0.5, 0.6) is 11.5 Å². The third kappa shape index (κ3) is 5.99. The molecule has 0 bridgehead atoms. The van der Waals surface area contributed by atoms with Gasteiger partial charge in [-0.1, -0.05) is 0 Å². The molecule has 0 spiro atoms. The lowest BCUT2D eigenvalue weighted by molar-refractivity contribution is -0.384. The Bertz CT molecular complexity index is 958. The Labute approximate surface area is 170 Å². The molecule has 1 unspecified atom stereocenters. The molecule has 0 aliphatic heterocycles. The number of hydrogen-bond acceptors (Lipinski definition) is 5. The highest BCUT2D eigenvalue weighted by molar-refractivity contribution is 5.95. The van der Waals surface area contributed by atoms with Crippen molar-refractivity contribution in [3.63, 3.8) is 0 Å². The average molecular weight is 452 g/mol. The van der Waals surface area contributed by atoms with E-state index in [-0.39, 0.29) is 17.5 Å². The van der Waals surface area contributed by atoms with E-state index in [1.165, 1.54) is 13.2 Å². The highest BCUT2D eigenvalue weighted by Gasteiger charge is 2.37. The number of nitrogens with zero attached hydrogens (tertiary/aromatic N) is 1. The molecule has 0 heterocycles. The second-order valence-electron chi connectivity index (χ2n) is 6.13. The number of carbonyl (C=O) groups is 1. The summed E-state index contributed by atoms with van der Waals surface area (Å²) in [7, 11) is 1.22. The number of nitrogens with one attached hydrogen (secondary N) is 1. The summed E-state index contributed by atoms with van der Waals surface area (Å²) in [4.78, 5) is 22.5. The van der Waals surface area contributed by atoms with Gasteiger partial charge in [-0.3, -0.25) is 14.9 Å². The van der Waals surface area contributed by atoms with Crippen LogP contribution in [-0.4, -0.2) is 24.0 Å². The molecule has 0 aliphatic carbocycles. The van der Waals surface area contributed by atoms with Crippen LogP contribution in [0.2, 0.25) is 0 Å². The molecule has 0 saturated heterocycles.